The maximum atomic E-state index is 4.50. The van der Waals surface area contributed by atoms with E-state index in [0.717, 1.165) is 17.9 Å². The minimum Gasteiger partial charge on any atom is -0.369 e. The predicted octanol–water partition coefficient (Wildman–Crippen LogP) is 3.03. The Balaban J connectivity index is 2.11. The van der Waals surface area contributed by atoms with Crippen LogP contribution in [0, 0.1) is 6.92 Å². The first kappa shape index (κ1) is 10.7. The maximum absolute atomic E-state index is 4.50. The number of para-hydroxylation sites is 1. The molecule has 0 N–H and O–H groups in total. The molecule has 1 aromatic carbocycles. The molecule has 0 bridgehead atoms. The molecule has 0 fully saturated rings. The topological polar surface area (TPSA) is 16.1 Å². The van der Waals surface area contributed by atoms with Gasteiger partial charge in [-0.05, 0) is 31.2 Å². The van der Waals surface area contributed by atoms with Crippen LogP contribution in [0.1, 0.15) is 11.4 Å². The summed E-state index contributed by atoms with van der Waals surface area (Å²) in [6.45, 7) is 2.86. The molecule has 0 unspecified atom stereocenters. The van der Waals surface area contributed by atoms with E-state index in [0.29, 0.717) is 0 Å². The van der Waals surface area contributed by atoms with Crippen molar-refractivity contribution in [2.45, 2.75) is 13.5 Å². The van der Waals surface area contributed by atoms with Gasteiger partial charge in [-0.15, -0.1) is 0 Å². The number of nitrogens with zero attached hydrogens (tertiary/aromatic N) is 2. The minimum atomic E-state index is 0.839. The predicted molar refractivity (Wildman–Crippen MR) is 67.5 cm³/mol. The van der Waals surface area contributed by atoms with E-state index in [1.807, 2.05) is 19.1 Å². The Morgan fingerprint density at radius 1 is 1.00 bits per heavy atom. The van der Waals surface area contributed by atoms with Gasteiger partial charge >= 0.3 is 0 Å². The van der Waals surface area contributed by atoms with Crippen molar-refractivity contribution in [1.82, 2.24) is 4.98 Å². The van der Waals surface area contributed by atoms with Crippen LogP contribution >= 0.6 is 0 Å². The van der Waals surface area contributed by atoms with Gasteiger partial charge < -0.3 is 4.90 Å². The van der Waals surface area contributed by atoms with Gasteiger partial charge in [-0.25, -0.2) is 0 Å². The molecular formula is C14H16N2. The highest BCUT2D eigenvalue weighted by molar-refractivity contribution is 5.45. The fourth-order valence-corrected chi connectivity index (χ4v) is 1.70. The van der Waals surface area contributed by atoms with Crippen LogP contribution in [0.25, 0.3) is 0 Å². The van der Waals surface area contributed by atoms with Crippen molar-refractivity contribution in [2.24, 2.45) is 0 Å². The zero-order chi connectivity index (χ0) is 11.4. The maximum Gasteiger partial charge on any atom is 0.0600 e. The first-order valence-electron chi connectivity index (χ1n) is 5.44. The largest absolute Gasteiger partial charge is 0.369 e. The summed E-state index contributed by atoms with van der Waals surface area (Å²) < 4.78 is 0. The molecule has 2 rings (SSSR count). The van der Waals surface area contributed by atoms with Gasteiger partial charge in [-0.2, -0.15) is 0 Å². The summed E-state index contributed by atoms with van der Waals surface area (Å²) in [5.74, 6) is 0. The van der Waals surface area contributed by atoms with Gasteiger partial charge in [0.15, 0.2) is 0 Å². The van der Waals surface area contributed by atoms with E-state index in [2.05, 4.69) is 53.3 Å². The Morgan fingerprint density at radius 2 is 1.75 bits per heavy atom. The first-order valence-corrected chi connectivity index (χ1v) is 5.44. The molecule has 0 aliphatic rings. The highest BCUT2D eigenvalue weighted by Crippen LogP contribution is 2.13. The molecule has 0 spiro atoms. The molecule has 2 aromatic rings. The molecular weight excluding hydrogens is 196 g/mol. The second-order valence-electron chi connectivity index (χ2n) is 3.96. The fraction of sp³-hybridized carbons (Fsp3) is 0.214. The van der Waals surface area contributed by atoms with Crippen LogP contribution in [-0.2, 0) is 6.54 Å². The van der Waals surface area contributed by atoms with Crippen molar-refractivity contribution in [3.05, 3.63) is 59.9 Å². The number of aryl methyl sites for hydroxylation is 1. The molecule has 0 amide bonds. The summed E-state index contributed by atoms with van der Waals surface area (Å²) in [5, 5.41) is 0. The molecule has 0 radical (unpaired) electrons. The van der Waals surface area contributed by atoms with Crippen molar-refractivity contribution in [3.63, 3.8) is 0 Å². The van der Waals surface area contributed by atoms with Crippen molar-refractivity contribution in [1.29, 1.82) is 0 Å². The average Bonchev–Trinajstić information content (AvgIpc) is 2.30. The van der Waals surface area contributed by atoms with Crippen molar-refractivity contribution in [2.75, 3.05) is 11.9 Å². The molecule has 0 saturated carbocycles. The molecule has 2 nitrogen and oxygen atoms in total. The second-order valence-corrected chi connectivity index (χ2v) is 3.96. The van der Waals surface area contributed by atoms with Gasteiger partial charge in [0.05, 0.1) is 12.2 Å². The third-order valence-electron chi connectivity index (χ3n) is 2.54. The van der Waals surface area contributed by atoms with Crippen LogP contribution in [0.4, 0.5) is 5.69 Å². The molecule has 0 atom stereocenters. The van der Waals surface area contributed by atoms with Gasteiger partial charge in [-0.3, -0.25) is 4.98 Å². The Kier molecular flexibility index (Phi) is 3.20. The Bertz CT molecular complexity index is 451. The number of anilines is 1. The van der Waals surface area contributed by atoms with E-state index < -0.39 is 0 Å². The van der Waals surface area contributed by atoms with Crippen molar-refractivity contribution < 1.29 is 0 Å². The zero-order valence-corrected chi connectivity index (χ0v) is 9.72. The summed E-state index contributed by atoms with van der Waals surface area (Å²) in [5.41, 5.74) is 3.39. The van der Waals surface area contributed by atoms with Gasteiger partial charge in [0, 0.05) is 18.4 Å². The first-order chi connectivity index (χ1) is 7.75. The van der Waals surface area contributed by atoms with Gasteiger partial charge in [0.1, 0.15) is 0 Å². The smallest absolute Gasteiger partial charge is 0.0600 e. The van der Waals surface area contributed by atoms with E-state index in [1.165, 1.54) is 5.69 Å². The highest BCUT2D eigenvalue weighted by Gasteiger charge is 2.02. The minimum absolute atomic E-state index is 0.839. The number of aromatic nitrogens is 1. The lowest BCUT2D eigenvalue weighted by Gasteiger charge is -2.18. The second kappa shape index (κ2) is 4.79. The van der Waals surface area contributed by atoms with E-state index in [-0.39, 0.29) is 0 Å². The summed E-state index contributed by atoms with van der Waals surface area (Å²) in [7, 11) is 2.08. The third-order valence-corrected chi connectivity index (χ3v) is 2.54. The lowest BCUT2D eigenvalue weighted by atomic mass is 10.2. The van der Waals surface area contributed by atoms with E-state index in [4.69, 9.17) is 0 Å². The van der Waals surface area contributed by atoms with Crippen LogP contribution in [0.15, 0.2) is 48.5 Å². The van der Waals surface area contributed by atoms with Crippen LogP contribution in [-0.4, -0.2) is 12.0 Å². The monoisotopic (exact) mass is 212 g/mol. The molecule has 2 heteroatoms. The van der Waals surface area contributed by atoms with Gasteiger partial charge in [0.2, 0.25) is 0 Å². The molecule has 16 heavy (non-hydrogen) atoms. The van der Waals surface area contributed by atoms with Crippen LogP contribution < -0.4 is 4.90 Å². The lowest BCUT2D eigenvalue weighted by Crippen LogP contribution is -2.17. The van der Waals surface area contributed by atoms with Crippen molar-refractivity contribution >= 4 is 5.69 Å². The number of hydrogen-bond acceptors (Lipinski definition) is 2. The zero-order valence-electron chi connectivity index (χ0n) is 9.72. The fourth-order valence-electron chi connectivity index (χ4n) is 1.70. The number of pyridine rings is 1. The molecule has 0 aliphatic carbocycles. The van der Waals surface area contributed by atoms with Crippen LogP contribution in [0.3, 0.4) is 0 Å². The molecule has 0 aliphatic heterocycles. The molecule has 82 valence electrons. The molecule has 0 saturated heterocycles. The molecule has 1 heterocycles. The Morgan fingerprint density at radius 3 is 2.44 bits per heavy atom. The lowest BCUT2D eigenvalue weighted by molar-refractivity contribution is 0.877. The average molecular weight is 212 g/mol. The van der Waals surface area contributed by atoms with E-state index in [9.17, 15) is 0 Å². The third kappa shape index (κ3) is 2.60. The summed E-state index contributed by atoms with van der Waals surface area (Å²) >= 11 is 0. The van der Waals surface area contributed by atoms with Gasteiger partial charge in [-0.1, -0.05) is 24.3 Å². The highest BCUT2D eigenvalue weighted by atomic mass is 15.1. The normalized spacial score (nSPS) is 10.1. The summed E-state index contributed by atoms with van der Waals surface area (Å²) in [6, 6.07) is 16.5. The quantitative estimate of drug-likeness (QED) is 0.777. The number of rotatable bonds is 3. The number of benzene rings is 1. The standard InChI is InChI=1S/C14H16N2/c1-12-7-6-8-13(15-12)11-16(2)14-9-4-3-5-10-14/h3-10H,11H2,1-2H3. The van der Waals surface area contributed by atoms with E-state index >= 15 is 0 Å². The van der Waals surface area contributed by atoms with Crippen LogP contribution in [0.2, 0.25) is 0 Å². The Labute approximate surface area is 96.6 Å². The van der Waals surface area contributed by atoms with Gasteiger partial charge in [0.25, 0.3) is 0 Å². The SMILES string of the molecule is Cc1cccc(CN(C)c2ccccc2)n1. The molecule has 1 aromatic heterocycles. The summed E-state index contributed by atoms with van der Waals surface area (Å²) in [4.78, 5) is 6.69. The van der Waals surface area contributed by atoms with E-state index in [1.54, 1.807) is 0 Å². The number of hydrogen-bond donors (Lipinski definition) is 0. The summed E-state index contributed by atoms with van der Waals surface area (Å²) in [6.07, 6.45) is 0. The van der Waals surface area contributed by atoms with Crippen LogP contribution in [0.5, 0.6) is 0 Å². The Hall–Kier alpha value is -1.83. The van der Waals surface area contributed by atoms with Crippen molar-refractivity contribution in [3.8, 4) is 0 Å².